The molecule has 0 spiro atoms. The van der Waals surface area contributed by atoms with E-state index in [0.29, 0.717) is 17.3 Å². The fraction of sp³-hybridized carbons (Fsp3) is 0.423. The summed E-state index contributed by atoms with van der Waals surface area (Å²) >= 11 is 0. The number of anilines is 2. The fourth-order valence-electron chi connectivity index (χ4n) is 4.71. The van der Waals surface area contributed by atoms with Crippen molar-refractivity contribution in [2.75, 3.05) is 38.0 Å². The van der Waals surface area contributed by atoms with Crippen LogP contribution in [0.1, 0.15) is 38.2 Å². The van der Waals surface area contributed by atoms with Gasteiger partial charge in [0.15, 0.2) is 17.3 Å². The normalized spacial score (nSPS) is 15.1. The molecule has 5 rings (SSSR count). The SMILES string of the molecule is CCN1CCN(Cc2ccc(Nc3ncc(F)c(-c4cc(F)c5nc(C)n(C(C)C)c5n4)n3)nc2)CC1. The molecule has 9 nitrogen and oxygen atoms in total. The first-order chi connectivity index (χ1) is 17.8. The van der Waals surface area contributed by atoms with Crippen molar-refractivity contribution in [2.24, 2.45) is 0 Å². The number of imidazole rings is 1. The minimum absolute atomic E-state index is 0.00891. The summed E-state index contributed by atoms with van der Waals surface area (Å²) in [5.41, 5.74) is 1.58. The Hall–Kier alpha value is -3.57. The van der Waals surface area contributed by atoms with E-state index in [1.165, 1.54) is 0 Å². The molecule has 0 aromatic carbocycles. The maximum absolute atomic E-state index is 14.9. The van der Waals surface area contributed by atoms with Gasteiger partial charge in [-0.1, -0.05) is 13.0 Å². The van der Waals surface area contributed by atoms with E-state index >= 15 is 0 Å². The molecule has 1 aliphatic rings. The number of hydrogen-bond donors (Lipinski definition) is 1. The lowest BCUT2D eigenvalue weighted by atomic mass is 10.2. The number of pyridine rings is 2. The van der Waals surface area contributed by atoms with Gasteiger partial charge in [-0.05, 0) is 38.9 Å². The monoisotopic (exact) mass is 507 g/mol. The lowest BCUT2D eigenvalue weighted by molar-refractivity contribution is 0.132. The Bertz CT molecular complexity index is 1390. The van der Waals surface area contributed by atoms with E-state index in [-0.39, 0.29) is 28.9 Å². The van der Waals surface area contributed by atoms with Gasteiger partial charge in [-0.2, -0.15) is 0 Å². The van der Waals surface area contributed by atoms with Crippen LogP contribution in [0.2, 0.25) is 0 Å². The van der Waals surface area contributed by atoms with Crippen molar-refractivity contribution in [3.8, 4) is 11.4 Å². The topological polar surface area (TPSA) is 87.9 Å². The number of likely N-dealkylation sites (N-methyl/N-ethyl adjacent to an activating group) is 1. The Morgan fingerprint density at radius 2 is 1.70 bits per heavy atom. The molecule has 0 bridgehead atoms. The molecule has 194 valence electrons. The molecular weight excluding hydrogens is 476 g/mol. The average molecular weight is 508 g/mol. The zero-order valence-corrected chi connectivity index (χ0v) is 21.5. The number of aromatic nitrogens is 6. The van der Waals surface area contributed by atoms with Gasteiger partial charge in [-0.3, -0.25) is 4.90 Å². The molecule has 4 aromatic heterocycles. The molecule has 0 amide bonds. The van der Waals surface area contributed by atoms with E-state index in [1.54, 1.807) is 6.92 Å². The van der Waals surface area contributed by atoms with E-state index in [1.807, 2.05) is 36.7 Å². The standard InChI is InChI=1S/C26H31F2N9/c1-5-35-8-10-36(11-9-35)15-18-6-7-22(29-13-18)33-26-30-14-20(28)23(34-26)21-12-19(27)24-25(32-21)37(16(2)3)17(4)31-24/h6-7,12-14,16H,5,8-11,15H2,1-4H3,(H,29,30,33,34). The summed E-state index contributed by atoms with van der Waals surface area (Å²) in [5.74, 6) is 0.0270. The highest BCUT2D eigenvalue weighted by atomic mass is 19.1. The quantitative estimate of drug-likeness (QED) is 0.396. The predicted molar refractivity (Wildman–Crippen MR) is 139 cm³/mol. The first-order valence-corrected chi connectivity index (χ1v) is 12.6. The second-order valence-electron chi connectivity index (χ2n) is 9.56. The predicted octanol–water partition coefficient (Wildman–Crippen LogP) is 4.33. The Balaban J connectivity index is 1.35. The van der Waals surface area contributed by atoms with Crippen molar-refractivity contribution in [2.45, 2.75) is 40.3 Å². The molecule has 5 heterocycles. The molecule has 0 unspecified atom stereocenters. The van der Waals surface area contributed by atoms with Gasteiger partial charge in [-0.25, -0.2) is 33.7 Å². The number of halogens is 2. The summed E-state index contributed by atoms with van der Waals surface area (Å²) in [4.78, 5) is 26.5. The van der Waals surface area contributed by atoms with Crippen molar-refractivity contribution in [3.05, 3.63) is 53.6 Å². The first kappa shape index (κ1) is 25.1. The number of rotatable bonds is 7. The summed E-state index contributed by atoms with van der Waals surface area (Å²) in [5, 5.41) is 3.01. The van der Waals surface area contributed by atoms with E-state index in [2.05, 4.69) is 47.0 Å². The number of hydrogen-bond acceptors (Lipinski definition) is 8. The highest BCUT2D eigenvalue weighted by Crippen LogP contribution is 2.27. The van der Waals surface area contributed by atoms with Gasteiger partial charge in [0.05, 0.1) is 11.9 Å². The Kier molecular flexibility index (Phi) is 7.07. The smallest absolute Gasteiger partial charge is 0.229 e. The molecule has 11 heteroatoms. The zero-order valence-electron chi connectivity index (χ0n) is 21.5. The summed E-state index contributed by atoms with van der Waals surface area (Å²) in [6, 6.07) is 5.02. The number of aryl methyl sites for hydroxylation is 1. The highest BCUT2D eigenvalue weighted by Gasteiger charge is 2.20. The molecule has 0 atom stereocenters. The van der Waals surface area contributed by atoms with Gasteiger partial charge in [0.25, 0.3) is 0 Å². The second kappa shape index (κ2) is 10.4. The van der Waals surface area contributed by atoms with Gasteiger partial charge in [0.1, 0.15) is 22.9 Å². The van der Waals surface area contributed by atoms with Gasteiger partial charge in [0, 0.05) is 51.0 Å². The van der Waals surface area contributed by atoms with Crippen molar-refractivity contribution >= 4 is 22.9 Å². The van der Waals surface area contributed by atoms with E-state index in [4.69, 9.17) is 0 Å². The Labute approximate surface area is 214 Å². The van der Waals surface area contributed by atoms with Crippen LogP contribution in [0.4, 0.5) is 20.5 Å². The number of nitrogens with one attached hydrogen (secondary N) is 1. The summed E-state index contributed by atoms with van der Waals surface area (Å²) in [6.07, 6.45) is 2.86. The first-order valence-electron chi connectivity index (χ1n) is 12.6. The molecule has 37 heavy (non-hydrogen) atoms. The third kappa shape index (κ3) is 5.28. The molecule has 0 aliphatic carbocycles. The molecule has 1 saturated heterocycles. The number of fused-ring (bicyclic) bond motifs is 1. The van der Waals surface area contributed by atoms with Crippen LogP contribution in [-0.4, -0.2) is 72.0 Å². The van der Waals surface area contributed by atoms with Crippen LogP contribution in [0.3, 0.4) is 0 Å². The minimum atomic E-state index is -0.699. The Morgan fingerprint density at radius 1 is 0.946 bits per heavy atom. The minimum Gasteiger partial charge on any atom is -0.310 e. The third-order valence-corrected chi connectivity index (χ3v) is 6.66. The largest absolute Gasteiger partial charge is 0.310 e. The maximum atomic E-state index is 14.9. The van der Waals surface area contributed by atoms with Crippen molar-refractivity contribution in [3.63, 3.8) is 0 Å². The Morgan fingerprint density at radius 3 is 2.38 bits per heavy atom. The maximum Gasteiger partial charge on any atom is 0.229 e. The van der Waals surface area contributed by atoms with Crippen LogP contribution < -0.4 is 5.32 Å². The zero-order chi connectivity index (χ0) is 26.1. The van der Waals surface area contributed by atoms with Crippen molar-refractivity contribution in [1.29, 1.82) is 0 Å². The summed E-state index contributed by atoms with van der Waals surface area (Å²) in [6.45, 7) is 14.1. The number of nitrogens with zero attached hydrogens (tertiary/aromatic N) is 8. The molecule has 1 fully saturated rings. The fourth-order valence-corrected chi connectivity index (χ4v) is 4.71. The van der Waals surface area contributed by atoms with Gasteiger partial charge in [-0.15, -0.1) is 0 Å². The van der Waals surface area contributed by atoms with E-state index in [0.717, 1.165) is 57.1 Å². The van der Waals surface area contributed by atoms with Crippen LogP contribution in [0.15, 0.2) is 30.6 Å². The van der Waals surface area contributed by atoms with E-state index in [9.17, 15) is 8.78 Å². The average Bonchev–Trinajstić information content (AvgIpc) is 3.23. The lowest BCUT2D eigenvalue weighted by Gasteiger charge is -2.33. The van der Waals surface area contributed by atoms with Crippen molar-refractivity contribution < 1.29 is 8.78 Å². The van der Waals surface area contributed by atoms with Crippen LogP contribution in [0.25, 0.3) is 22.6 Å². The molecular formula is C26H31F2N9. The van der Waals surface area contributed by atoms with Crippen LogP contribution in [-0.2, 0) is 6.54 Å². The molecule has 0 radical (unpaired) electrons. The molecule has 4 aromatic rings. The van der Waals surface area contributed by atoms with Gasteiger partial charge < -0.3 is 14.8 Å². The van der Waals surface area contributed by atoms with Crippen LogP contribution in [0, 0.1) is 18.6 Å². The second-order valence-corrected chi connectivity index (χ2v) is 9.56. The number of piperazine rings is 1. The molecule has 1 N–H and O–H groups in total. The van der Waals surface area contributed by atoms with Gasteiger partial charge in [0.2, 0.25) is 5.95 Å². The van der Waals surface area contributed by atoms with Crippen LogP contribution in [0.5, 0.6) is 0 Å². The molecule has 0 saturated carbocycles. The lowest BCUT2D eigenvalue weighted by Crippen LogP contribution is -2.45. The highest BCUT2D eigenvalue weighted by molar-refractivity contribution is 5.76. The van der Waals surface area contributed by atoms with Crippen molar-refractivity contribution in [1.82, 2.24) is 39.3 Å². The summed E-state index contributed by atoms with van der Waals surface area (Å²) < 4.78 is 31.5. The van der Waals surface area contributed by atoms with E-state index < -0.39 is 11.6 Å². The van der Waals surface area contributed by atoms with Crippen LogP contribution >= 0.6 is 0 Å². The van der Waals surface area contributed by atoms with Gasteiger partial charge >= 0.3 is 0 Å². The third-order valence-electron chi connectivity index (χ3n) is 6.66. The molecule has 1 aliphatic heterocycles. The summed E-state index contributed by atoms with van der Waals surface area (Å²) in [7, 11) is 0.